The van der Waals surface area contributed by atoms with E-state index in [1.165, 1.54) is 29.8 Å². The van der Waals surface area contributed by atoms with E-state index in [-0.39, 0.29) is 24.3 Å². The van der Waals surface area contributed by atoms with Gasteiger partial charge in [-0.2, -0.15) is 5.10 Å². The number of H-pyrrole nitrogens is 1. The van der Waals surface area contributed by atoms with Gasteiger partial charge in [0, 0.05) is 11.9 Å². The molecule has 0 saturated carbocycles. The minimum absolute atomic E-state index is 0. The molecule has 0 saturated heterocycles. The van der Waals surface area contributed by atoms with Crippen LogP contribution in [0.4, 0.5) is 15.9 Å². The Bertz CT molecular complexity index is 1530. The Morgan fingerprint density at radius 1 is 1.14 bits per heavy atom. The van der Waals surface area contributed by atoms with E-state index in [1.807, 2.05) is 25.1 Å². The molecule has 5 rings (SSSR count). The van der Waals surface area contributed by atoms with Crippen molar-refractivity contribution in [3.8, 4) is 17.6 Å². The number of rotatable bonds is 5. The average Bonchev–Trinajstić information content (AvgIpc) is 3.49. The van der Waals surface area contributed by atoms with E-state index in [2.05, 4.69) is 37.3 Å². The van der Waals surface area contributed by atoms with E-state index in [9.17, 15) is 4.39 Å². The highest BCUT2D eigenvalue weighted by Gasteiger charge is 2.13. The first-order chi connectivity index (χ1) is 16.5. The number of aromatic amines is 1. The molecule has 3 heterocycles. The summed E-state index contributed by atoms with van der Waals surface area (Å²) in [6.45, 7) is 1.85. The first-order valence-corrected chi connectivity index (χ1v) is 11.5. The highest BCUT2D eigenvalue weighted by atomic mass is 35.5. The fourth-order valence-corrected chi connectivity index (χ4v) is 4.42. The van der Waals surface area contributed by atoms with E-state index >= 15 is 0 Å². The van der Waals surface area contributed by atoms with Crippen molar-refractivity contribution in [1.82, 2.24) is 20.2 Å². The van der Waals surface area contributed by atoms with Gasteiger partial charge in [-0.3, -0.25) is 5.10 Å². The Hall–Kier alpha value is -3.64. The van der Waals surface area contributed by atoms with E-state index < -0.39 is 0 Å². The normalized spacial score (nSPS) is 11.3. The van der Waals surface area contributed by atoms with Gasteiger partial charge in [0.2, 0.25) is 0 Å². The lowest BCUT2D eigenvalue weighted by molar-refractivity contribution is 0.226. The van der Waals surface area contributed by atoms with Gasteiger partial charge in [0.05, 0.1) is 31.9 Å². The van der Waals surface area contributed by atoms with Crippen LogP contribution < -0.4 is 10.1 Å². The first kappa shape index (κ1) is 24.5. The van der Waals surface area contributed by atoms with Crippen molar-refractivity contribution in [2.45, 2.75) is 13.0 Å². The van der Waals surface area contributed by atoms with Crippen LogP contribution in [-0.4, -0.2) is 20.2 Å². The van der Waals surface area contributed by atoms with Crippen LogP contribution in [0.1, 0.15) is 29.0 Å². The van der Waals surface area contributed by atoms with E-state index in [0.29, 0.717) is 16.6 Å². The summed E-state index contributed by atoms with van der Waals surface area (Å²) >= 11 is 7.98. The average molecular weight is 526 g/mol. The van der Waals surface area contributed by atoms with Crippen molar-refractivity contribution in [3.05, 3.63) is 94.1 Å². The fourth-order valence-electron chi connectivity index (χ4n) is 3.29. The molecule has 0 aliphatic carbocycles. The molecule has 0 amide bonds. The zero-order valence-electron chi connectivity index (χ0n) is 18.3. The Kier molecular flexibility index (Phi) is 7.51. The Labute approximate surface area is 216 Å². The highest BCUT2D eigenvalue weighted by molar-refractivity contribution is 7.20. The summed E-state index contributed by atoms with van der Waals surface area (Å²) in [6.07, 6.45) is 4.55. The van der Waals surface area contributed by atoms with Gasteiger partial charge in [-0.25, -0.2) is 14.4 Å². The number of fused-ring (bicyclic) bond motifs is 1. The predicted molar refractivity (Wildman–Crippen MR) is 139 cm³/mol. The third kappa shape index (κ3) is 5.72. The van der Waals surface area contributed by atoms with Crippen molar-refractivity contribution >= 4 is 57.1 Å². The highest BCUT2D eigenvalue weighted by Crippen LogP contribution is 2.34. The van der Waals surface area contributed by atoms with Gasteiger partial charge in [-0.1, -0.05) is 35.6 Å². The number of thiophene rings is 1. The van der Waals surface area contributed by atoms with Crippen LogP contribution in [0.5, 0.6) is 5.75 Å². The van der Waals surface area contributed by atoms with E-state index in [0.717, 1.165) is 31.9 Å². The maximum absolute atomic E-state index is 13.5. The molecule has 0 unspecified atom stereocenters. The SMILES string of the molecule is C[C@@H](Oc1ccc(Nc2ncnc3cc(C#Cc4cn[nH]c4)sc23)cc1Cl)c1cccc(F)c1.Cl. The Balaban J connectivity index is 0.00000289. The standard InChI is InChI=1S/C25H17ClFN5OS.ClH/c1-15(17-3-2-4-18(27)9-17)33-23-8-6-19(10-21(23)26)32-25-24-22(28-14-29-25)11-20(34-24)7-5-16-12-30-31-13-16;/h2-4,6,8-15H,1H3,(H,30,31)(H,28,29,32);1H/t15-;/m1./s1. The number of hydrogen-bond acceptors (Lipinski definition) is 6. The summed E-state index contributed by atoms with van der Waals surface area (Å²) in [5.41, 5.74) is 3.08. The van der Waals surface area contributed by atoms with Crippen LogP contribution >= 0.6 is 35.3 Å². The number of halogens is 3. The number of aromatic nitrogens is 4. The molecule has 5 aromatic rings. The largest absolute Gasteiger partial charge is 0.484 e. The van der Waals surface area contributed by atoms with Crippen LogP contribution in [0, 0.1) is 17.7 Å². The molecule has 1 atom stereocenters. The van der Waals surface area contributed by atoms with Crippen LogP contribution in [0.25, 0.3) is 10.2 Å². The number of ether oxygens (including phenoxy) is 1. The molecule has 176 valence electrons. The minimum Gasteiger partial charge on any atom is -0.484 e. The summed E-state index contributed by atoms with van der Waals surface area (Å²) in [6, 6.07) is 13.6. The fraction of sp³-hybridized carbons (Fsp3) is 0.0800. The molecule has 0 fully saturated rings. The topological polar surface area (TPSA) is 75.7 Å². The monoisotopic (exact) mass is 525 g/mol. The maximum Gasteiger partial charge on any atom is 0.151 e. The number of nitrogens with one attached hydrogen (secondary N) is 2. The number of hydrogen-bond donors (Lipinski definition) is 2. The molecule has 0 spiro atoms. The first-order valence-electron chi connectivity index (χ1n) is 10.3. The van der Waals surface area contributed by atoms with Gasteiger partial charge in [-0.05, 0) is 48.9 Å². The molecule has 0 radical (unpaired) electrons. The zero-order valence-corrected chi connectivity index (χ0v) is 20.6. The van der Waals surface area contributed by atoms with Crippen molar-refractivity contribution in [1.29, 1.82) is 0 Å². The maximum atomic E-state index is 13.5. The van der Waals surface area contributed by atoms with Gasteiger partial charge in [-0.15, -0.1) is 23.7 Å². The van der Waals surface area contributed by atoms with Crippen molar-refractivity contribution in [2.75, 3.05) is 5.32 Å². The molecule has 35 heavy (non-hydrogen) atoms. The molecule has 0 aliphatic heterocycles. The van der Waals surface area contributed by atoms with E-state index in [1.54, 1.807) is 30.6 Å². The summed E-state index contributed by atoms with van der Waals surface area (Å²) < 4.78 is 20.3. The Morgan fingerprint density at radius 2 is 2.03 bits per heavy atom. The second-order valence-corrected chi connectivity index (χ2v) is 8.83. The summed E-state index contributed by atoms with van der Waals surface area (Å²) in [7, 11) is 0. The Morgan fingerprint density at radius 3 is 2.80 bits per heavy atom. The van der Waals surface area contributed by atoms with Crippen LogP contribution in [0.2, 0.25) is 5.02 Å². The van der Waals surface area contributed by atoms with Gasteiger partial charge in [0.1, 0.15) is 24.0 Å². The smallest absolute Gasteiger partial charge is 0.151 e. The van der Waals surface area contributed by atoms with Crippen LogP contribution in [-0.2, 0) is 0 Å². The van der Waals surface area contributed by atoms with Gasteiger partial charge < -0.3 is 10.1 Å². The third-order valence-electron chi connectivity index (χ3n) is 4.96. The summed E-state index contributed by atoms with van der Waals surface area (Å²) in [5.74, 6) is 7.05. The zero-order chi connectivity index (χ0) is 23.5. The number of benzene rings is 2. The lowest BCUT2D eigenvalue weighted by atomic mass is 10.1. The second kappa shape index (κ2) is 10.7. The van der Waals surface area contributed by atoms with E-state index in [4.69, 9.17) is 16.3 Å². The molecule has 0 bridgehead atoms. The molecular formula is C25H18Cl2FN5OS. The molecule has 10 heteroatoms. The van der Waals surface area contributed by atoms with Crippen molar-refractivity contribution in [3.63, 3.8) is 0 Å². The number of nitrogens with zero attached hydrogens (tertiary/aromatic N) is 3. The van der Waals surface area contributed by atoms with Gasteiger partial charge >= 0.3 is 0 Å². The lowest BCUT2D eigenvalue weighted by Crippen LogP contribution is -2.04. The van der Waals surface area contributed by atoms with Crippen LogP contribution in [0.15, 0.2) is 67.3 Å². The molecule has 0 aliphatic rings. The number of anilines is 2. The van der Waals surface area contributed by atoms with Crippen LogP contribution in [0.3, 0.4) is 0 Å². The molecule has 6 nitrogen and oxygen atoms in total. The third-order valence-corrected chi connectivity index (χ3v) is 6.30. The van der Waals surface area contributed by atoms with Crippen molar-refractivity contribution in [2.24, 2.45) is 0 Å². The lowest BCUT2D eigenvalue weighted by Gasteiger charge is -2.17. The summed E-state index contributed by atoms with van der Waals surface area (Å²) in [4.78, 5) is 9.61. The van der Waals surface area contributed by atoms with Gasteiger partial charge in [0.25, 0.3) is 0 Å². The van der Waals surface area contributed by atoms with Crippen molar-refractivity contribution < 1.29 is 9.13 Å². The second-order valence-electron chi connectivity index (χ2n) is 7.37. The minimum atomic E-state index is -0.360. The van der Waals surface area contributed by atoms with Gasteiger partial charge in [0.15, 0.2) is 5.82 Å². The molecule has 2 N–H and O–H groups in total. The molecular weight excluding hydrogens is 508 g/mol. The molecule has 3 aromatic heterocycles. The quantitative estimate of drug-likeness (QED) is 0.244. The predicted octanol–water partition coefficient (Wildman–Crippen LogP) is 6.91. The summed E-state index contributed by atoms with van der Waals surface area (Å²) in [5, 5.41) is 10.4. The molecule has 2 aromatic carbocycles.